The van der Waals surface area contributed by atoms with Gasteiger partial charge in [0.1, 0.15) is 10.6 Å². The SMILES string of the molecule is CCC(O)CNS(=O)(=O)c1ccccc1OC(F)(F)F. The van der Waals surface area contributed by atoms with Crippen molar-refractivity contribution < 1.29 is 31.4 Å². The van der Waals surface area contributed by atoms with Crippen molar-refractivity contribution in [2.24, 2.45) is 0 Å². The second kappa shape index (κ2) is 6.42. The molecule has 0 aromatic heterocycles. The zero-order valence-corrected chi connectivity index (χ0v) is 11.3. The number of para-hydroxylation sites is 1. The van der Waals surface area contributed by atoms with Crippen LogP contribution in [0.2, 0.25) is 0 Å². The van der Waals surface area contributed by atoms with Crippen LogP contribution >= 0.6 is 0 Å². The molecule has 0 aliphatic heterocycles. The zero-order chi connectivity index (χ0) is 15.4. The Hall–Kier alpha value is -1.32. The largest absolute Gasteiger partial charge is 0.573 e. The summed E-state index contributed by atoms with van der Waals surface area (Å²) >= 11 is 0. The Balaban J connectivity index is 3.00. The van der Waals surface area contributed by atoms with Crippen molar-refractivity contribution in [2.45, 2.75) is 30.7 Å². The first kappa shape index (κ1) is 16.7. The van der Waals surface area contributed by atoms with Gasteiger partial charge in [0, 0.05) is 6.54 Å². The Morgan fingerprint density at radius 3 is 2.50 bits per heavy atom. The number of sulfonamides is 1. The first-order valence-electron chi connectivity index (χ1n) is 5.68. The third kappa shape index (κ3) is 4.99. The molecule has 0 bridgehead atoms. The van der Waals surface area contributed by atoms with E-state index in [-0.39, 0.29) is 6.54 Å². The fourth-order valence-corrected chi connectivity index (χ4v) is 2.51. The van der Waals surface area contributed by atoms with Crippen molar-refractivity contribution in [2.75, 3.05) is 6.54 Å². The number of halogens is 3. The van der Waals surface area contributed by atoms with Gasteiger partial charge in [-0.2, -0.15) is 0 Å². The monoisotopic (exact) mass is 313 g/mol. The Morgan fingerprint density at radius 1 is 1.35 bits per heavy atom. The molecule has 0 saturated carbocycles. The Kier molecular flexibility index (Phi) is 5.37. The molecule has 114 valence electrons. The molecule has 1 atom stereocenters. The molecule has 1 aromatic rings. The summed E-state index contributed by atoms with van der Waals surface area (Å²) in [7, 11) is -4.20. The zero-order valence-electron chi connectivity index (χ0n) is 10.5. The van der Waals surface area contributed by atoms with Gasteiger partial charge in [-0.1, -0.05) is 19.1 Å². The van der Waals surface area contributed by atoms with Gasteiger partial charge in [-0.05, 0) is 18.6 Å². The van der Waals surface area contributed by atoms with E-state index >= 15 is 0 Å². The molecule has 1 aromatic carbocycles. The van der Waals surface area contributed by atoms with Crippen LogP contribution in [0.1, 0.15) is 13.3 Å². The maximum absolute atomic E-state index is 12.2. The van der Waals surface area contributed by atoms with Gasteiger partial charge < -0.3 is 9.84 Å². The van der Waals surface area contributed by atoms with Crippen molar-refractivity contribution in [3.63, 3.8) is 0 Å². The molecule has 1 unspecified atom stereocenters. The number of alkyl halides is 3. The minimum Gasteiger partial charge on any atom is -0.404 e. The van der Waals surface area contributed by atoms with Crippen LogP contribution in [0.25, 0.3) is 0 Å². The number of aliphatic hydroxyl groups excluding tert-OH is 1. The van der Waals surface area contributed by atoms with Gasteiger partial charge in [-0.15, -0.1) is 13.2 Å². The molecule has 2 N–H and O–H groups in total. The smallest absolute Gasteiger partial charge is 0.404 e. The average Bonchev–Trinajstić information content (AvgIpc) is 2.34. The molecule has 0 fully saturated rings. The van der Waals surface area contributed by atoms with Gasteiger partial charge in [-0.25, -0.2) is 13.1 Å². The summed E-state index contributed by atoms with van der Waals surface area (Å²) in [6.07, 6.45) is -5.60. The van der Waals surface area contributed by atoms with E-state index < -0.39 is 33.1 Å². The van der Waals surface area contributed by atoms with Crippen molar-refractivity contribution in [1.82, 2.24) is 4.72 Å². The van der Waals surface area contributed by atoms with Crippen LogP contribution in [-0.2, 0) is 10.0 Å². The highest BCUT2D eigenvalue weighted by Gasteiger charge is 2.33. The van der Waals surface area contributed by atoms with Crippen LogP contribution in [0, 0.1) is 0 Å². The van der Waals surface area contributed by atoms with Gasteiger partial charge in [-0.3, -0.25) is 0 Å². The Morgan fingerprint density at radius 2 is 1.95 bits per heavy atom. The second-order valence-corrected chi connectivity index (χ2v) is 5.64. The summed E-state index contributed by atoms with van der Waals surface area (Å²) in [4.78, 5) is -0.638. The fourth-order valence-electron chi connectivity index (χ4n) is 1.31. The molecule has 0 radical (unpaired) electrons. The highest BCUT2D eigenvalue weighted by Crippen LogP contribution is 2.29. The number of nitrogens with one attached hydrogen (secondary N) is 1. The topological polar surface area (TPSA) is 75.6 Å². The van der Waals surface area contributed by atoms with E-state index in [0.717, 1.165) is 12.1 Å². The van der Waals surface area contributed by atoms with Gasteiger partial charge in [0.05, 0.1) is 6.10 Å². The minimum absolute atomic E-state index is 0.292. The van der Waals surface area contributed by atoms with Crippen molar-refractivity contribution in [3.8, 4) is 5.75 Å². The maximum atomic E-state index is 12.2. The van der Waals surface area contributed by atoms with Crippen molar-refractivity contribution >= 4 is 10.0 Å². The summed E-state index contributed by atoms with van der Waals surface area (Å²) in [5.41, 5.74) is 0. The molecule has 0 aliphatic carbocycles. The second-order valence-electron chi connectivity index (χ2n) is 3.91. The maximum Gasteiger partial charge on any atom is 0.573 e. The van der Waals surface area contributed by atoms with Gasteiger partial charge in [0.15, 0.2) is 0 Å². The van der Waals surface area contributed by atoms with Crippen LogP contribution < -0.4 is 9.46 Å². The summed E-state index contributed by atoms with van der Waals surface area (Å²) in [6.45, 7) is 1.35. The predicted octanol–water partition coefficient (Wildman–Crippen LogP) is 1.63. The van der Waals surface area contributed by atoms with Crippen LogP contribution in [0.5, 0.6) is 5.75 Å². The lowest BCUT2D eigenvalue weighted by molar-refractivity contribution is -0.275. The number of hydrogen-bond acceptors (Lipinski definition) is 4. The summed E-state index contributed by atoms with van der Waals surface area (Å²) < 4.78 is 66.1. The van der Waals surface area contributed by atoms with Crippen molar-refractivity contribution in [3.05, 3.63) is 24.3 Å². The number of rotatable bonds is 6. The van der Waals surface area contributed by atoms with E-state index in [4.69, 9.17) is 0 Å². The van der Waals surface area contributed by atoms with E-state index in [0.29, 0.717) is 6.42 Å². The molecule has 5 nitrogen and oxygen atoms in total. The van der Waals surface area contributed by atoms with Crippen LogP contribution in [0.3, 0.4) is 0 Å². The van der Waals surface area contributed by atoms with Gasteiger partial charge >= 0.3 is 6.36 Å². The van der Waals surface area contributed by atoms with Gasteiger partial charge in [0.25, 0.3) is 0 Å². The third-order valence-corrected chi connectivity index (χ3v) is 3.81. The standard InChI is InChI=1S/C11H14F3NO4S/c1-2-8(16)7-15-20(17,18)10-6-4-3-5-9(10)19-11(12,13)14/h3-6,8,15-16H,2,7H2,1H3. The average molecular weight is 313 g/mol. The molecule has 0 heterocycles. The van der Waals surface area contributed by atoms with E-state index in [1.165, 1.54) is 12.1 Å². The lowest BCUT2D eigenvalue weighted by atomic mass is 10.3. The highest BCUT2D eigenvalue weighted by atomic mass is 32.2. The van der Waals surface area contributed by atoms with Crippen LogP contribution in [0.15, 0.2) is 29.2 Å². The normalized spacial score (nSPS) is 14.1. The number of ether oxygens (including phenoxy) is 1. The fraction of sp³-hybridized carbons (Fsp3) is 0.455. The molecule has 20 heavy (non-hydrogen) atoms. The highest BCUT2D eigenvalue weighted by molar-refractivity contribution is 7.89. The number of hydrogen-bond donors (Lipinski definition) is 2. The minimum atomic E-state index is -4.99. The van der Waals surface area contributed by atoms with E-state index in [1.54, 1.807) is 6.92 Å². The van der Waals surface area contributed by atoms with Crippen LogP contribution in [0.4, 0.5) is 13.2 Å². The molecular formula is C11H14F3NO4S. The molecule has 1 rings (SSSR count). The number of benzene rings is 1. The Labute approximate surface area is 114 Å². The molecule has 0 saturated heterocycles. The number of aliphatic hydroxyl groups is 1. The quantitative estimate of drug-likeness (QED) is 0.837. The first-order chi connectivity index (χ1) is 9.15. The predicted molar refractivity (Wildman–Crippen MR) is 64.6 cm³/mol. The first-order valence-corrected chi connectivity index (χ1v) is 7.16. The van der Waals surface area contributed by atoms with Crippen molar-refractivity contribution in [1.29, 1.82) is 0 Å². The van der Waals surface area contributed by atoms with Crippen LogP contribution in [-0.4, -0.2) is 32.5 Å². The molecule has 9 heteroatoms. The molecule has 0 amide bonds. The summed E-state index contributed by atoms with van der Waals surface area (Å²) in [5.74, 6) is -0.821. The summed E-state index contributed by atoms with van der Waals surface area (Å²) in [5, 5.41) is 9.29. The van der Waals surface area contributed by atoms with E-state index in [1.807, 2.05) is 4.72 Å². The van der Waals surface area contributed by atoms with Gasteiger partial charge in [0.2, 0.25) is 10.0 Å². The lowest BCUT2D eigenvalue weighted by Crippen LogP contribution is -2.32. The van der Waals surface area contributed by atoms with E-state index in [9.17, 15) is 26.7 Å². The molecular weight excluding hydrogens is 299 g/mol. The lowest BCUT2D eigenvalue weighted by Gasteiger charge is -2.15. The molecule has 0 spiro atoms. The Bertz CT molecular complexity index is 545. The van der Waals surface area contributed by atoms with E-state index in [2.05, 4.69) is 4.74 Å². The summed E-state index contributed by atoms with van der Waals surface area (Å²) in [6, 6.07) is 4.38. The third-order valence-electron chi connectivity index (χ3n) is 2.34. The molecule has 0 aliphatic rings.